The van der Waals surface area contributed by atoms with Gasteiger partial charge in [-0.3, -0.25) is 19.3 Å². The van der Waals surface area contributed by atoms with E-state index in [2.05, 4.69) is 0 Å². The van der Waals surface area contributed by atoms with Crippen LogP contribution in [0.4, 0.5) is 0 Å². The first kappa shape index (κ1) is 17.6. The summed E-state index contributed by atoms with van der Waals surface area (Å²) in [4.78, 5) is 51.0. The second-order valence-corrected chi connectivity index (χ2v) is 7.62. The van der Waals surface area contributed by atoms with Gasteiger partial charge in [0.1, 0.15) is 6.04 Å². The lowest BCUT2D eigenvalue weighted by Gasteiger charge is -2.23. The zero-order valence-electron chi connectivity index (χ0n) is 15.3. The molecule has 2 bridgehead atoms. The molecule has 3 aliphatic rings. The molecule has 1 saturated heterocycles. The van der Waals surface area contributed by atoms with Gasteiger partial charge in [0.05, 0.1) is 11.8 Å². The number of carbonyl (C=O) groups is 4. The predicted octanol–water partition coefficient (Wildman–Crippen LogP) is 1.92. The van der Waals surface area contributed by atoms with Crippen LogP contribution in [0.2, 0.25) is 0 Å². The van der Waals surface area contributed by atoms with Crippen molar-refractivity contribution in [3.05, 3.63) is 47.5 Å². The Balaban J connectivity index is 1.39. The first-order valence-corrected chi connectivity index (χ1v) is 9.20. The molecule has 1 heterocycles. The van der Waals surface area contributed by atoms with E-state index < -0.39 is 18.6 Å². The van der Waals surface area contributed by atoms with Crippen molar-refractivity contribution in [1.82, 2.24) is 4.90 Å². The number of allylic oxidation sites excluding steroid dienone is 2. The minimum Gasteiger partial charge on any atom is -0.456 e. The first-order chi connectivity index (χ1) is 12.9. The third kappa shape index (κ3) is 2.80. The Bertz CT molecular complexity index is 826. The largest absolute Gasteiger partial charge is 0.456 e. The summed E-state index contributed by atoms with van der Waals surface area (Å²) >= 11 is 0. The maximum absolute atomic E-state index is 12.7. The maximum Gasteiger partial charge on any atom is 0.329 e. The van der Waals surface area contributed by atoms with Gasteiger partial charge in [0.15, 0.2) is 12.4 Å². The maximum atomic E-state index is 12.7. The van der Waals surface area contributed by atoms with Gasteiger partial charge in [0, 0.05) is 5.56 Å². The lowest BCUT2D eigenvalue weighted by molar-refractivity contribution is -0.157. The SMILES string of the molecule is Cc1ccc(C(=O)COC(=O)[C@H](C)N2C(=O)[C@@H]3[C@H](C2=O)[C@@H]2C=C[C@H]3C2)cc1. The van der Waals surface area contributed by atoms with Crippen molar-refractivity contribution in [1.29, 1.82) is 0 Å². The highest BCUT2D eigenvalue weighted by Gasteiger charge is 2.60. The van der Waals surface area contributed by atoms with Gasteiger partial charge in [0.2, 0.25) is 11.8 Å². The summed E-state index contributed by atoms with van der Waals surface area (Å²) in [5, 5.41) is 0. The van der Waals surface area contributed by atoms with E-state index in [1.807, 2.05) is 19.1 Å². The molecule has 27 heavy (non-hydrogen) atoms. The van der Waals surface area contributed by atoms with Crippen LogP contribution in [0.1, 0.15) is 29.3 Å². The standard InChI is InChI=1S/C21H21NO5/c1-11-3-5-13(6-4-11)16(23)10-27-21(26)12(2)22-19(24)17-14-7-8-15(9-14)18(17)20(22)25/h3-8,12,14-15,17-18H,9-10H2,1-2H3/t12-,14-,15+,17-,18+/m0/s1. The van der Waals surface area contributed by atoms with Crippen LogP contribution in [0.5, 0.6) is 0 Å². The molecule has 0 N–H and O–H groups in total. The molecule has 1 aromatic rings. The molecule has 1 aromatic carbocycles. The highest BCUT2D eigenvalue weighted by atomic mass is 16.5. The molecule has 5 atom stereocenters. The highest BCUT2D eigenvalue weighted by molar-refractivity contribution is 6.09. The van der Waals surface area contributed by atoms with Crippen LogP contribution in [-0.4, -0.2) is 41.1 Å². The molecule has 0 unspecified atom stereocenters. The molecule has 140 valence electrons. The van der Waals surface area contributed by atoms with Gasteiger partial charge < -0.3 is 4.74 Å². The Morgan fingerprint density at radius 2 is 1.63 bits per heavy atom. The smallest absolute Gasteiger partial charge is 0.329 e. The number of esters is 1. The molecule has 0 radical (unpaired) electrons. The summed E-state index contributed by atoms with van der Waals surface area (Å²) in [5.41, 5.74) is 1.48. The van der Waals surface area contributed by atoms with Gasteiger partial charge in [-0.2, -0.15) is 0 Å². The number of benzene rings is 1. The van der Waals surface area contributed by atoms with Crippen LogP contribution in [-0.2, 0) is 19.1 Å². The van der Waals surface area contributed by atoms with E-state index in [-0.39, 0.29) is 41.3 Å². The van der Waals surface area contributed by atoms with Crippen molar-refractivity contribution >= 4 is 23.6 Å². The zero-order chi connectivity index (χ0) is 19.3. The van der Waals surface area contributed by atoms with E-state index in [0.29, 0.717) is 5.56 Å². The van der Waals surface area contributed by atoms with Crippen LogP contribution in [0.3, 0.4) is 0 Å². The predicted molar refractivity (Wildman–Crippen MR) is 95.5 cm³/mol. The number of likely N-dealkylation sites (tertiary alicyclic amines) is 1. The van der Waals surface area contributed by atoms with Crippen LogP contribution < -0.4 is 0 Å². The number of hydrogen-bond donors (Lipinski definition) is 0. The fraction of sp³-hybridized carbons (Fsp3) is 0.429. The van der Waals surface area contributed by atoms with Crippen molar-refractivity contribution in [2.45, 2.75) is 26.3 Å². The summed E-state index contributed by atoms with van der Waals surface area (Å²) in [6.45, 7) is 2.98. The molecule has 1 saturated carbocycles. The van der Waals surface area contributed by atoms with Gasteiger partial charge in [-0.1, -0.05) is 42.0 Å². The quantitative estimate of drug-likeness (QED) is 0.344. The Kier molecular flexibility index (Phi) is 4.21. The van der Waals surface area contributed by atoms with Gasteiger partial charge in [0.25, 0.3) is 0 Å². The average molecular weight is 367 g/mol. The number of fused-ring (bicyclic) bond motifs is 5. The fourth-order valence-corrected chi connectivity index (χ4v) is 4.49. The third-order valence-electron chi connectivity index (χ3n) is 5.95. The van der Waals surface area contributed by atoms with E-state index in [9.17, 15) is 19.2 Å². The summed E-state index contributed by atoms with van der Waals surface area (Å²) in [5.74, 6) is -2.17. The van der Waals surface area contributed by atoms with E-state index in [1.165, 1.54) is 6.92 Å². The van der Waals surface area contributed by atoms with Crippen molar-refractivity contribution in [2.75, 3.05) is 6.61 Å². The Labute approximate surface area is 157 Å². The van der Waals surface area contributed by atoms with Gasteiger partial charge >= 0.3 is 5.97 Å². The Hall–Kier alpha value is -2.76. The number of amides is 2. The van der Waals surface area contributed by atoms with Gasteiger partial charge in [-0.15, -0.1) is 0 Å². The number of Topliss-reactive ketones (excluding diaryl/α,β-unsaturated/α-hetero) is 1. The number of ketones is 1. The van der Waals surface area contributed by atoms with Crippen LogP contribution in [0.15, 0.2) is 36.4 Å². The number of carbonyl (C=O) groups excluding carboxylic acids is 4. The fourth-order valence-electron chi connectivity index (χ4n) is 4.49. The Morgan fingerprint density at radius 3 is 2.19 bits per heavy atom. The number of hydrogen-bond acceptors (Lipinski definition) is 5. The van der Waals surface area contributed by atoms with E-state index in [1.54, 1.807) is 24.3 Å². The van der Waals surface area contributed by atoms with Crippen LogP contribution in [0.25, 0.3) is 0 Å². The van der Waals surface area contributed by atoms with Crippen LogP contribution >= 0.6 is 0 Å². The van der Waals surface area contributed by atoms with Gasteiger partial charge in [-0.05, 0) is 32.1 Å². The van der Waals surface area contributed by atoms with Crippen molar-refractivity contribution in [3.8, 4) is 0 Å². The van der Waals surface area contributed by atoms with Crippen molar-refractivity contribution < 1.29 is 23.9 Å². The highest BCUT2D eigenvalue weighted by Crippen LogP contribution is 2.52. The monoisotopic (exact) mass is 367 g/mol. The molecule has 2 amide bonds. The molecule has 0 aromatic heterocycles. The lowest BCUT2D eigenvalue weighted by Crippen LogP contribution is -2.45. The van der Waals surface area contributed by atoms with E-state index in [4.69, 9.17) is 4.74 Å². The molecular formula is C21H21NO5. The molecule has 2 aliphatic carbocycles. The molecule has 1 aliphatic heterocycles. The van der Waals surface area contributed by atoms with Crippen LogP contribution in [0, 0.1) is 30.6 Å². The van der Waals surface area contributed by atoms with Crippen molar-refractivity contribution in [3.63, 3.8) is 0 Å². The van der Waals surface area contributed by atoms with E-state index in [0.717, 1.165) is 16.9 Å². The number of rotatable bonds is 5. The summed E-state index contributed by atoms with van der Waals surface area (Å²) in [6.07, 6.45) is 4.85. The normalized spacial score (nSPS) is 29.2. The lowest BCUT2D eigenvalue weighted by atomic mass is 9.85. The van der Waals surface area contributed by atoms with Gasteiger partial charge in [-0.25, -0.2) is 4.79 Å². The minimum absolute atomic E-state index is 0.0905. The second kappa shape index (κ2) is 6.44. The minimum atomic E-state index is -1.03. The molecule has 0 spiro atoms. The number of ether oxygens (including phenoxy) is 1. The molecule has 6 heteroatoms. The number of imide groups is 1. The third-order valence-corrected chi connectivity index (χ3v) is 5.95. The zero-order valence-corrected chi connectivity index (χ0v) is 15.3. The molecular weight excluding hydrogens is 346 g/mol. The molecule has 2 fully saturated rings. The number of nitrogens with zero attached hydrogens (tertiary/aromatic N) is 1. The van der Waals surface area contributed by atoms with E-state index >= 15 is 0 Å². The number of aryl methyl sites for hydroxylation is 1. The summed E-state index contributed by atoms with van der Waals surface area (Å²) < 4.78 is 5.10. The molecule has 6 nitrogen and oxygen atoms in total. The topological polar surface area (TPSA) is 80.8 Å². The van der Waals surface area contributed by atoms with Crippen molar-refractivity contribution in [2.24, 2.45) is 23.7 Å². The first-order valence-electron chi connectivity index (χ1n) is 9.20. The second-order valence-electron chi connectivity index (χ2n) is 7.62. The summed E-state index contributed by atoms with van der Waals surface area (Å²) in [7, 11) is 0. The molecule has 4 rings (SSSR count). The Morgan fingerprint density at radius 1 is 1.07 bits per heavy atom. The average Bonchev–Trinajstić information content (AvgIpc) is 3.33. The summed E-state index contributed by atoms with van der Waals surface area (Å²) in [6, 6.07) is 5.93.